The zero-order chi connectivity index (χ0) is 21.2. The zero-order valence-corrected chi connectivity index (χ0v) is 16.9. The van der Waals surface area contributed by atoms with E-state index in [-0.39, 0.29) is 5.69 Å². The minimum Gasteiger partial charge on any atom is -0.424 e. The van der Waals surface area contributed by atoms with Crippen LogP contribution in [0.5, 0.6) is 0 Å². The van der Waals surface area contributed by atoms with Gasteiger partial charge in [0.1, 0.15) is 6.07 Å². The standard InChI is InChI=1S/C25H19N5O/c1-17-28-23(14-26)25(31-17)27-15-21-16-30(22-9-3-2-4-10-22)29-24(21)20-12-11-18-7-5-6-8-19(18)13-20/h2-13,16,27H,15H2,1H3. The topological polar surface area (TPSA) is 79.7 Å². The molecule has 2 aromatic heterocycles. The number of benzene rings is 3. The maximum absolute atomic E-state index is 9.29. The highest BCUT2D eigenvalue weighted by molar-refractivity contribution is 5.87. The Labute approximate surface area is 179 Å². The largest absolute Gasteiger partial charge is 0.424 e. The van der Waals surface area contributed by atoms with E-state index in [0.29, 0.717) is 18.3 Å². The van der Waals surface area contributed by atoms with Gasteiger partial charge in [0.2, 0.25) is 11.6 Å². The summed E-state index contributed by atoms with van der Waals surface area (Å²) < 4.78 is 7.42. The molecule has 2 heterocycles. The van der Waals surface area contributed by atoms with Gasteiger partial charge in [0.05, 0.1) is 11.4 Å². The van der Waals surface area contributed by atoms with Gasteiger partial charge in [0, 0.05) is 30.8 Å². The Morgan fingerprint density at radius 2 is 1.77 bits per heavy atom. The number of hydrogen-bond acceptors (Lipinski definition) is 5. The van der Waals surface area contributed by atoms with E-state index < -0.39 is 0 Å². The lowest BCUT2D eigenvalue weighted by Gasteiger charge is -2.06. The third-order valence-electron chi connectivity index (χ3n) is 5.11. The lowest BCUT2D eigenvalue weighted by atomic mass is 10.0. The predicted octanol–water partition coefficient (Wildman–Crippen LogP) is 5.47. The second-order valence-corrected chi connectivity index (χ2v) is 7.22. The van der Waals surface area contributed by atoms with Gasteiger partial charge in [-0.15, -0.1) is 0 Å². The third kappa shape index (κ3) is 3.65. The van der Waals surface area contributed by atoms with Crippen LogP contribution >= 0.6 is 0 Å². The van der Waals surface area contributed by atoms with Crippen LogP contribution in [0.25, 0.3) is 27.7 Å². The van der Waals surface area contributed by atoms with Crippen molar-refractivity contribution in [2.45, 2.75) is 13.5 Å². The van der Waals surface area contributed by atoms with Crippen molar-refractivity contribution < 1.29 is 4.42 Å². The first-order chi connectivity index (χ1) is 15.2. The fourth-order valence-corrected chi connectivity index (χ4v) is 3.63. The smallest absolute Gasteiger partial charge is 0.232 e. The minimum atomic E-state index is 0.250. The number of anilines is 1. The van der Waals surface area contributed by atoms with Crippen molar-refractivity contribution in [1.29, 1.82) is 5.26 Å². The summed E-state index contributed by atoms with van der Waals surface area (Å²) in [5.41, 5.74) is 4.11. The SMILES string of the molecule is Cc1nc(C#N)c(NCc2cn(-c3ccccc3)nc2-c2ccc3ccccc3c2)o1. The zero-order valence-electron chi connectivity index (χ0n) is 16.9. The first-order valence-corrected chi connectivity index (χ1v) is 9.96. The van der Waals surface area contributed by atoms with E-state index in [1.165, 1.54) is 5.39 Å². The fraction of sp³-hybridized carbons (Fsp3) is 0.0800. The molecule has 0 amide bonds. The molecule has 0 radical (unpaired) electrons. The van der Waals surface area contributed by atoms with Crippen molar-refractivity contribution in [3.63, 3.8) is 0 Å². The second kappa shape index (κ2) is 7.81. The fourth-order valence-electron chi connectivity index (χ4n) is 3.63. The highest BCUT2D eigenvalue weighted by Crippen LogP contribution is 2.28. The quantitative estimate of drug-likeness (QED) is 0.419. The molecule has 0 aliphatic rings. The van der Waals surface area contributed by atoms with Gasteiger partial charge in [0.25, 0.3) is 0 Å². The number of fused-ring (bicyclic) bond motifs is 1. The third-order valence-corrected chi connectivity index (χ3v) is 5.11. The van der Waals surface area contributed by atoms with Crippen molar-refractivity contribution in [2.24, 2.45) is 0 Å². The Morgan fingerprint density at radius 3 is 2.58 bits per heavy atom. The van der Waals surface area contributed by atoms with Crippen molar-refractivity contribution in [3.05, 3.63) is 96.1 Å². The van der Waals surface area contributed by atoms with E-state index in [1.54, 1.807) is 6.92 Å². The van der Waals surface area contributed by atoms with Crippen molar-refractivity contribution in [1.82, 2.24) is 14.8 Å². The highest BCUT2D eigenvalue weighted by Gasteiger charge is 2.15. The van der Waals surface area contributed by atoms with Crippen LogP contribution in [0.3, 0.4) is 0 Å². The molecule has 0 aliphatic carbocycles. The molecular formula is C25H19N5O. The normalized spacial score (nSPS) is 10.8. The van der Waals surface area contributed by atoms with Crippen molar-refractivity contribution >= 4 is 16.7 Å². The van der Waals surface area contributed by atoms with Gasteiger partial charge in [-0.25, -0.2) is 9.67 Å². The number of oxazole rings is 1. The van der Waals surface area contributed by atoms with Gasteiger partial charge in [-0.05, 0) is 29.0 Å². The maximum Gasteiger partial charge on any atom is 0.232 e. The Kier molecular flexibility index (Phi) is 4.70. The Morgan fingerprint density at radius 1 is 1.00 bits per heavy atom. The molecule has 0 spiro atoms. The molecule has 3 aromatic carbocycles. The summed E-state index contributed by atoms with van der Waals surface area (Å²) in [7, 11) is 0. The summed E-state index contributed by atoms with van der Waals surface area (Å²) in [4.78, 5) is 4.10. The molecule has 6 nitrogen and oxygen atoms in total. The number of para-hydroxylation sites is 1. The minimum absolute atomic E-state index is 0.250. The molecular weight excluding hydrogens is 386 g/mol. The van der Waals surface area contributed by atoms with E-state index >= 15 is 0 Å². The number of nitrogens with one attached hydrogen (secondary N) is 1. The van der Waals surface area contributed by atoms with Crippen LogP contribution in [0.15, 0.2) is 83.4 Å². The molecule has 31 heavy (non-hydrogen) atoms. The highest BCUT2D eigenvalue weighted by atomic mass is 16.4. The van der Waals surface area contributed by atoms with Crippen LogP contribution in [-0.2, 0) is 6.54 Å². The van der Waals surface area contributed by atoms with E-state index in [1.807, 2.05) is 53.3 Å². The molecule has 6 heteroatoms. The lowest BCUT2D eigenvalue weighted by molar-refractivity contribution is 0.532. The van der Waals surface area contributed by atoms with Crippen LogP contribution in [0.2, 0.25) is 0 Å². The van der Waals surface area contributed by atoms with Gasteiger partial charge < -0.3 is 9.73 Å². The summed E-state index contributed by atoms with van der Waals surface area (Å²) in [5, 5.41) is 19.7. The number of nitriles is 1. The van der Waals surface area contributed by atoms with Crippen LogP contribution in [0, 0.1) is 18.3 Å². The molecule has 0 saturated heterocycles. The van der Waals surface area contributed by atoms with Gasteiger partial charge in [-0.1, -0.05) is 54.6 Å². The average Bonchev–Trinajstić information content (AvgIpc) is 3.41. The van der Waals surface area contributed by atoms with Gasteiger partial charge in [0.15, 0.2) is 5.89 Å². The van der Waals surface area contributed by atoms with Crippen LogP contribution in [0.4, 0.5) is 5.88 Å². The van der Waals surface area contributed by atoms with Crippen LogP contribution in [-0.4, -0.2) is 14.8 Å². The van der Waals surface area contributed by atoms with E-state index in [4.69, 9.17) is 9.52 Å². The van der Waals surface area contributed by atoms with E-state index in [0.717, 1.165) is 27.9 Å². The number of hydrogen-bond donors (Lipinski definition) is 1. The van der Waals surface area contributed by atoms with Crippen LogP contribution in [0.1, 0.15) is 17.1 Å². The Balaban J connectivity index is 1.56. The monoisotopic (exact) mass is 405 g/mol. The molecule has 0 fully saturated rings. The van der Waals surface area contributed by atoms with Gasteiger partial charge >= 0.3 is 0 Å². The number of rotatable bonds is 5. The molecule has 5 rings (SSSR count). The van der Waals surface area contributed by atoms with Crippen LogP contribution < -0.4 is 5.32 Å². The van der Waals surface area contributed by atoms with Crippen molar-refractivity contribution in [3.8, 4) is 23.0 Å². The van der Waals surface area contributed by atoms with E-state index in [9.17, 15) is 5.26 Å². The number of aryl methyl sites for hydroxylation is 1. The molecule has 0 saturated carbocycles. The molecule has 0 unspecified atom stereocenters. The number of nitrogens with zero attached hydrogens (tertiary/aromatic N) is 4. The summed E-state index contributed by atoms with van der Waals surface area (Å²) >= 11 is 0. The summed E-state index contributed by atoms with van der Waals surface area (Å²) in [6.45, 7) is 2.16. The van der Waals surface area contributed by atoms with E-state index in [2.05, 4.69) is 46.7 Å². The second-order valence-electron chi connectivity index (χ2n) is 7.22. The van der Waals surface area contributed by atoms with Gasteiger partial charge in [-0.3, -0.25) is 0 Å². The van der Waals surface area contributed by atoms with Gasteiger partial charge in [-0.2, -0.15) is 10.4 Å². The molecule has 150 valence electrons. The lowest BCUT2D eigenvalue weighted by Crippen LogP contribution is -2.00. The summed E-state index contributed by atoms with van der Waals surface area (Å²) in [6.07, 6.45) is 2.00. The molecule has 0 aliphatic heterocycles. The summed E-state index contributed by atoms with van der Waals surface area (Å²) in [5.74, 6) is 0.825. The molecule has 5 aromatic rings. The number of aromatic nitrogens is 3. The molecule has 0 bridgehead atoms. The maximum atomic E-state index is 9.29. The Bertz CT molecular complexity index is 1410. The first kappa shape index (κ1) is 18.6. The molecule has 1 N–H and O–H groups in total. The van der Waals surface area contributed by atoms with Crippen molar-refractivity contribution in [2.75, 3.05) is 5.32 Å². The first-order valence-electron chi connectivity index (χ1n) is 9.96. The Hall–Kier alpha value is -4.37. The average molecular weight is 405 g/mol. The predicted molar refractivity (Wildman–Crippen MR) is 120 cm³/mol. The summed E-state index contributed by atoms with van der Waals surface area (Å²) in [6, 6.07) is 26.7. The molecule has 0 atom stereocenters.